The number of urea groups is 1. The van der Waals surface area contributed by atoms with Crippen LogP contribution in [0.3, 0.4) is 0 Å². The van der Waals surface area contributed by atoms with Crippen molar-refractivity contribution in [2.45, 2.75) is 12.5 Å². The second-order valence-electron chi connectivity index (χ2n) is 3.96. The first-order valence-electron chi connectivity index (χ1n) is 5.05. The average molecular weight is 259 g/mol. The molecule has 1 rings (SSSR count). The fourth-order valence-electron chi connectivity index (χ4n) is 1.10. The third-order valence-electron chi connectivity index (χ3n) is 2.22. The van der Waals surface area contributed by atoms with E-state index in [9.17, 15) is 4.79 Å². The number of aliphatic hydroxyl groups excluding tert-OH is 2. The SMILES string of the molecule is CC(CO)(CO)NC(=O)Nc1ccc(Cl)cc1. The summed E-state index contributed by atoms with van der Waals surface area (Å²) in [6.45, 7) is 0.837. The van der Waals surface area contributed by atoms with E-state index in [1.54, 1.807) is 24.3 Å². The highest BCUT2D eigenvalue weighted by Gasteiger charge is 2.24. The lowest BCUT2D eigenvalue weighted by Crippen LogP contribution is -2.53. The lowest BCUT2D eigenvalue weighted by Gasteiger charge is -2.26. The van der Waals surface area contributed by atoms with Crippen molar-refractivity contribution < 1.29 is 15.0 Å². The third-order valence-corrected chi connectivity index (χ3v) is 2.47. The topological polar surface area (TPSA) is 81.6 Å². The molecule has 17 heavy (non-hydrogen) atoms. The van der Waals surface area contributed by atoms with E-state index < -0.39 is 11.6 Å². The number of hydrogen-bond acceptors (Lipinski definition) is 3. The van der Waals surface area contributed by atoms with Crippen LogP contribution in [0.25, 0.3) is 0 Å². The number of carbonyl (C=O) groups is 1. The van der Waals surface area contributed by atoms with Crippen LogP contribution in [0.1, 0.15) is 6.92 Å². The standard InChI is InChI=1S/C11H15ClN2O3/c1-11(6-15,7-16)14-10(17)13-9-4-2-8(12)3-5-9/h2-5,15-16H,6-7H2,1H3,(H2,13,14,17). The van der Waals surface area contributed by atoms with Crippen LogP contribution in [-0.2, 0) is 0 Å². The quantitative estimate of drug-likeness (QED) is 0.655. The molecule has 0 unspecified atom stereocenters. The van der Waals surface area contributed by atoms with Crippen molar-refractivity contribution >= 4 is 23.3 Å². The van der Waals surface area contributed by atoms with E-state index in [1.165, 1.54) is 6.92 Å². The minimum atomic E-state index is -1.05. The van der Waals surface area contributed by atoms with E-state index in [1.807, 2.05) is 0 Å². The third kappa shape index (κ3) is 4.22. The van der Waals surface area contributed by atoms with Crippen LogP contribution in [0.5, 0.6) is 0 Å². The second-order valence-corrected chi connectivity index (χ2v) is 4.40. The van der Waals surface area contributed by atoms with Gasteiger partial charge < -0.3 is 20.8 Å². The molecule has 0 fully saturated rings. The van der Waals surface area contributed by atoms with Crippen molar-refractivity contribution in [3.63, 3.8) is 0 Å². The molecule has 0 atom stereocenters. The number of carbonyl (C=O) groups excluding carboxylic acids is 1. The fraction of sp³-hybridized carbons (Fsp3) is 0.364. The average Bonchev–Trinajstić information content (AvgIpc) is 2.32. The number of amides is 2. The van der Waals surface area contributed by atoms with Crippen molar-refractivity contribution in [3.8, 4) is 0 Å². The smallest absolute Gasteiger partial charge is 0.319 e. The summed E-state index contributed by atoms with van der Waals surface area (Å²) < 4.78 is 0. The molecule has 0 bridgehead atoms. The number of rotatable bonds is 4. The monoisotopic (exact) mass is 258 g/mol. The molecule has 0 aliphatic rings. The van der Waals surface area contributed by atoms with Gasteiger partial charge in [-0.25, -0.2) is 4.79 Å². The van der Waals surface area contributed by atoms with Gasteiger partial charge in [0.15, 0.2) is 0 Å². The van der Waals surface area contributed by atoms with Crippen LogP contribution in [0.15, 0.2) is 24.3 Å². The molecule has 0 saturated carbocycles. The number of benzene rings is 1. The van der Waals surface area contributed by atoms with Gasteiger partial charge >= 0.3 is 6.03 Å². The Bertz CT molecular complexity index is 377. The zero-order chi connectivity index (χ0) is 12.9. The highest BCUT2D eigenvalue weighted by atomic mass is 35.5. The van der Waals surface area contributed by atoms with Crippen molar-refractivity contribution in [2.24, 2.45) is 0 Å². The summed E-state index contributed by atoms with van der Waals surface area (Å²) in [5.74, 6) is 0. The van der Waals surface area contributed by atoms with Gasteiger partial charge in [0.05, 0.1) is 18.8 Å². The van der Waals surface area contributed by atoms with Gasteiger partial charge in [-0.15, -0.1) is 0 Å². The Morgan fingerprint density at radius 2 is 1.82 bits per heavy atom. The van der Waals surface area contributed by atoms with Gasteiger partial charge in [0.1, 0.15) is 0 Å². The van der Waals surface area contributed by atoms with Crippen molar-refractivity contribution in [2.75, 3.05) is 18.5 Å². The van der Waals surface area contributed by atoms with Crippen molar-refractivity contribution in [1.29, 1.82) is 0 Å². The number of hydrogen-bond donors (Lipinski definition) is 4. The zero-order valence-corrected chi connectivity index (χ0v) is 10.2. The Labute approximate surface area is 104 Å². The lowest BCUT2D eigenvalue weighted by molar-refractivity contribution is 0.111. The first kappa shape index (κ1) is 13.8. The Morgan fingerprint density at radius 3 is 2.29 bits per heavy atom. The molecule has 1 aromatic carbocycles. The first-order chi connectivity index (χ1) is 7.99. The molecule has 5 nitrogen and oxygen atoms in total. The molecule has 6 heteroatoms. The largest absolute Gasteiger partial charge is 0.394 e. The highest BCUT2D eigenvalue weighted by molar-refractivity contribution is 6.30. The van der Waals surface area contributed by atoms with Crippen LogP contribution < -0.4 is 10.6 Å². The predicted octanol–water partition coefficient (Wildman–Crippen LogP) is 1.20. The van der Waals surface area contributed by atoms with E-state index in [-0.39, 0.29) is 13.2 Å². The molecule has 0 radical (unpaired) electrons. The highest BCUT2D eigenvalue weighted by Crippen LogP contribution is 2.13. The molecule has 0 saturated heterocycles. The summed E-state index contributed by atoms with van der Waals surface area (Å²) in [5, 5.41) is 23.6. The van der Waals surface area contributed by atoms with Crippen molar-refractivity contribution in [1.82, 2.24) is 5.32 Å². The molecular formula is C11H15ClN2O3. The molecule has 0 spiro atoms. The maximum Gasteiger partial charge on any atom is 0.319 e. The Balaban J connectivity index is 2.58. The summed E-state index contributed by atoms with van der Waals surface area (Å²) in [6, 6.07) is 6.09. The first-order valence-corrected chi connectivity index (χ1v) is 5.43. The number of aliphatic hydroxyl groups is 2. The minimum absolute atomic E-state index is 0.350. The van der Waals surface area contributed by atoms with E-state index in [0.29, 0.717) is 10.7 Å². The molecule has 2 amide bonds. The number of nitrogens with one attached hydrogen (secondary N) is 2. The van der Waals surface area contributed by atoms with E-state index >= 15 is 0 Å². The van der Waals surface area contributed by atoms with Gasteiger partial charge in [0.2, 0.25) is 0 Å². The maximum atomic E-state index is 11.6. The van der Waals surface area contributed by atoms with Crippen LogP contribution in [0.2, 0.25) is 5.02 Å². The molecule has 4 N–H and O–H groups in total. The maximum absolute atomic E-state index is 11.6. The van der Waals surface area contributed by atoms with Gasteiger partial charge in [-0.3, -0.25) is 0 Å². The van der Waals surface area contributed by atoms with Gasteiger partial charge in [-0.05, 0) is 31.2 Å². The van der Waals surface area contributed by atoms with Crippen LogP contribution in [0.4, 0.5) is 10.5 Å². The predicted molar refractivity (Wildman–Crippen MR) is 66.2 cm³/mol. The van der Waals surface area contributed by atoms with Crippen LogP contribution in [-0.4, -0.2) is 35.0 Å². The van der Waals surface area contributed by atoms with E-state index in [0.717, 1.165) is 0 Å². The summed E-state index contributed by atoms with van der Waals surface area (Å²) in [4.78, 5) is 11.6. The van der Waals surface area contributed by atoms with E-state index in [2.05, 4.69) is 10.6 Å². The van der Waals surface area contributed by atoms with E-state index in [4.69, 9.17) is 21.8 Å². The summed E-state index contributed by atoms with van der Waals surface area (Å²) in [7, 11) is 0. The normalized spacial score (nSPS) is 11.1. The van der Waals surface area contributed by atoms with Gasteiger partial charge in [0, 0.05) is 10.7 Å². The molecule has 0 heterocycles. The Morgan fingerprint density at radius 1 is 1.29 bits per heavy atom. The van der Waals surface area contributed by atoms with Gasteiger partial charge in [0.25, 0.3) is 0 Å². The number of anilines is 1. The van der Waals surface area contributed by atoms with Gasteiger partial charge in [-0.2, -0.15) is 0 Å². The molecule has 0 aliphatic carbocycles. The summed E-state index contributed by atoms with van der Waals surface area (Å²) in [6.07, 6.45) is 0. The molecule has 94 valence electrons. The zero-order valence-electron chi connectivity index (χ0n) is 9.40. The van der Waals surface area contributed by atoms with Gasteiger partial charge in [-0.1, -0.05) is 11.6 Å². The second kappa shape index (κ2) is 5.86. The van der Waals surface area contributed by atoms with Crippen LogP contribution >= 0.6 is 11.6 Å². The van der Waals surface area contributed by atoms with Crippen molar-refractivity contribution in [3.05, 3.63) is 29.3 Å². The molecule has 0 aliphatic heterocycles. The summed E-state index contributed by atoms with van der Waals surface area (Å²) in [5.41, 5.74) is -0.471. The number of halogens is 1. The molecule has 1 aromatic rings. The fourth-order valence-corrected chi connectivity index (χ4v) is 1.22. The summed E-state index contributed by atoms with van der Waals surface area (Å²) >= 11 is 5.71. The molecular weight excluding hydrogens is 244 g/mol. The minimum Gasteiger partial charge on any atom is -0.394 e. The van der Waals surface area contributed by atoms with Crippen LogP contribution in [0, 0.1) is 0 Å². The molecule has 0 aromatic heterocycles. The Kier molecular flexibility index (Phi) is 4.74. The lowest BCUT2D eigenvalue weighted by atomic mass is 10.1. The Hall–Kier alpha value is -1.30.